The van der Waals surface area contributed by atoms with Crippen LogP contribution in [0.5, 0.6) is 11.5 Å². The Balaban J connectivity index is 0.000000141. The first-order chi connectivity index (χ1) is 66.9. The number of fused-ring (bicyclic) bond motifs is 6. The lowest BCUT2D eigenvalue weighted by molar-refractivity contribution is 0.0702. The van der Waals surface area contributed by atoms with Gasteiger partial charge in [0.2, 0.25) is 0 Å². The van der Waals surface area contributed by atoms with Crippen molar-refractivity contribution in [2.24, 2.45) is 0 Å². The minimum absolute atomic E-state index is 0.132. The lowest BCUT2D eigenvalue weighted by Gasteiger charge is -2.27. The third-order valence-corrected chi connectivity index (χ3v) is 23.6. The molecule has 1 atom stereocenters. The van der Waals surface area contributed by atoms with Crippen LogP contribution < -0.4 is 70.2 Å². The summed E-state index contributed by atoms with van der Waals surface area (Å²) in [4.78, 5) is 181. The zero-order valence-corrected chi connectivity index (χ0v) is 76.5. The van der Waals surface area contributed by atoms with E-state index in [0.29, 0.717) is 107 Å². The second-order valence-corrected chi connectivity index (χ2v) is 33.7. The number of carbonyl (C=O) groups excluding carboxylic acids is 6. The highest BCUT2D eigenvalue weighted by atomic mass is 16.5. The first-order valence-electron chi connectivity index (χ1n) is 44.0. The van der Waals surface area contributed by atoms with Crippen LogP contribution in [0.3, 0.4) is 0 Å². The van der Waals surface area contributed by atoms with Crippen molar-refractivity contribution >= 4 is 101 Å². The number of para-hydroxylation sites is 1. The predicted molar refractivity (Wildman–Crippen MR) is 516 cm³/mol. The van der Waals surface area contributed by atoms with Crippen LogP contribution in [0.4, 0.5) is 0 Å². The van der Waals surface area contributed by atoms with Gasteiger partial charge in [-0.25, -0.2) is 52.3 Å². The van der Waals surface area contributed by atoms with Gasteiger partial charge in [0, 0.05) is 75.7 Å². The van der Waals surface area contributed by atoms with Gasteiger partial charge in [0.15, 0.2) is 5.78 Å². The van der Waals surface area contributed by atoms with Gasteiger partial charge in [0.05, 0.1) is 97.5 Å². The van der Waals surface area contributed by atoms with E-state index in [2.05, 4.69) is 44.9 Å². The van der Waals surface area contributed by atoms with Crippen LogP contribution in [-0.2, 0) is 24.2 Å². The maximum absolute atomic E-state index is 13.0. The number of Topliss-reactive ketones (excluding diaryl/α,β-unsaturated/α-hetero) is 1. The van der Waals surface area contributed by atoms with E-state index in [1.54, 1.807) is 97.6 Å². The molecule has 2 saturated carbocycles. The Morgan fingerprint density at radius 1 is 0.525 bits per heavy atom. The molecule has 5 amide bonds. The fourth-order valence-corrected chi connectivity index (χ4v) is 15.8. The molecule has 139 heavy (non-hydrogen) atoms. The monoisotopic (exact) mass is 1880 g/mol. The van der Waals surface area contributed by atoms with Gasteiger partial charge in [-0.2, -0.15) is 0 Å². The van der Waals surface area contributed by atoms with E-state index >= 15 is 0 Å². The number of ether oxygens (including phenoxy) is 2. The molecule has 38 heteroatoms. The molecule has 0 spiro atoms. The van der Waals surface area contributed by atoms with Crippen LogP contribution in [0.2, 0.25) is 0 Å². The number of benzene rings is 9. The van der Waals surface area contributed by atoms with Crippen molar-refractivity contribution in [1.82, 2.24) is 90.9 Å². The normalized spacial score (nSPS) is 12.7. The molecule has 16 aromatic rings. The molecule has 38 nitrogen and oxygen atoms in total. The second-order valence-electron chi connectivity index (χ2n) is 33.7. The summed E-state index contributed by atoms with van der Waals surface area (Å²) < 4.78 is 15.8. The van der Waals surface area contributed by atoms with Crippen molar-refractivity contribution in [3.05, 3.63) is 361 Å². The quantitative estimate of drug-likeness (QED) is 0.0170. The number of aromatic nitrogens is 12. The molecule has 0 radical (unpaired) electrons. The molecule has 9 aromatic carbocycles. The average Bonchev–Trinajstić information content (AvgIpc) is 1.59. The molecule has 7 aromatic heterocycles. The highest BCUT2D eigenvalue weighted by Crippen LogP contribution is 2.48. The third kappa shape index (κ3) is 23.5. The molecule has 2 fully saturated rings. The van der Waals surface area contributed by atoms with Gasteiger partial charge in [-0.3, -0.25) is 97.7 Å². The number of nitrogens with one attached hydrogen (secondary N) is 8. The molecule has 1 unspecified atom stereocenters. The summed E-state index contributed by atoms with van der Waals surface area (Å²) in [6.45, 7) is 8.55. The lowest BCUT2D eigenvalue weighted by Crippen LogP contribution is -2.41. The molecule has 0 aliphatic heterocycles. The molecule has 0 bridgehead atoms. The minimum atomic E-state index is -0.687. The largest absolute Gasteiger partial charge is 0.496 e. The maximum atomic E-state index is 13.0. The zero-order chi connectivity index (χ0) is 99.4. The molecule has 14 N–H and O–H groups in total. The summed E-state index contributed by atoms with van der Waals surface area (Å²) in [6, 6.07) is 58.1. The number of amides is 5. The van der Waals surface area contributed by atoms with Gasteiger partial charge in [-0.15, -0.1) is 0 Å². The smallest absolute Gasteiger partial charge is 0.274 e. The summed E-state index contributed by atoms with van der Waals surface area (Å²) in [5.74, 6) is -0.419. The fourth-order valence-electron chi connectivity index (χ4n) is 15.8. The number of ketones is 1. The molecule has 0 saturated heterocycles. The van der Waals surface area contributed by atoms with Gasteiger partial charge in [0.25, 0.3) is 62.9 Å². The Morgan fingerprint density at radius 2 is 1.01 bits per heavy atom. The topological polar surface area (TPSA) is 548 Å². The first kappa shape index (κ1) is 99.8. The van der Waals surface area contributed by atoms with Crippen molar-refractivity contribution in [3.63, 3.8) is 0 Å². The summed E-state index contributed by atoms with van der Waals surface area (Å²) in [6.07, 6.45) is 16.3. The summed E-state index contributed by atoms with van der Waals surface area (Å²) in [5.41, 5.74) is 12.8. The maximum Gasteiger partial charge on any atom is 0.274 e. The molecule has 2 aliphatic rings. The van der Waals surface area contributed by atoms with E-state index in [1.165, 1.54) is 97.4 Å². The summed E-state index contributed by atoms with van der Waals surface area (Å²) in [7, 11) is 5.43. The van der Waals surface area contributed by atoms with Crippen molar-refractivity contribution in [3.8, 4) is 22.9 Å². The number of hydroxylamine groups is 5. The van der Waals surface area contributed by atoms with Gasteiger partial charge in [-0.05, 0) is 197 Å². The van der Waals surface area contributed by atoms with E-state index in [1.807, 2.05) is 144 Å². The van der Waals surface area contributed by atoms with E-state index in [0.717, 1.165) is 72.8 Å². The number of aromatic amines is 3. The van der Waals surface area contributed by atoms with Gasteiger partial charge < -0.3 is 39.0 Å². The lowest BCUT2D eigenvalue weighted by atomic mass is 9.88. The number of nitrogens with zero attached hydrogens (tertiary/aromatic N) is 10. The fraction of sp³-hybridized carbons (Fsp3) is 0.228. The van der Waals surface area contributed by atoms with E-state index in [4.69, 9.17) is 40.6 Å². The number of hydrogen-bond donors (Lipinski definition) is 14. The van der Waals surface area contributed by atoms with Crippen LogP contribution >= 0.6 is 0 Å². The summed E-state index contributed by atoms with van der Waals surface area (Å²) in [5, 5.41) is 55.8. The Hall–Kier alpha value is -16.6. The number of methoxy groups -OCH3 is 1. The first-order valence-corrected chi connectivity index (χ1v) is 44.0. The molecule has 18 rings (SSSR count). The Bertz CT molecular complexity index is 7650. The number of carbonyl (C=O) groups is 6. The molecule has 714 valence electrons. The number of rotatable bonds is 22. The van der Waals surface area contributed by atoms with E-state index < -0.39 is 41.7 Å². The van der Waals surface area contributed by atoms with Crippen molar-refractivity contribution in [2.75, 3.05) is 34.4 Å². The Morgan fingerprint density at radius 3 is 1.55 bits per heavy atom. The van der Waals surface area contributed by atoms with Gasteiger partial charge in [0.1, 0.15) is 42.2 Å². The highest BCUT2D eigenvalue weighted by Gasteiger charge is 2.47. The number of pyridine rings is 2. The second kappa shape index (κ2) is 45.1. The molecular weight excluding hydrogens is 1790 g/mol. The van der Waals surface area contributed by atoms with Crippen LogP contribution in [0.25, 0.3) is 76.7 Å². The number of aliphatic hydroxyl groups is 1. The molecular formula is C101H100N18O20. The van der Waals surface area contributed by atoms with Crippen LogP contribution in [0.15, 0.2) is 266 Å². The minimum Gasteiger partial charge on any atom is -0.496 e. The van der Waals surface area contributed by atoms with Crippen molar-refractivity contribution in [1.29, 1.82) is 0 Å². The predicted octanol–water partition coefficient (Wildman–Crippen LogP) is 11.4. The standard InChI is InChI=1S/C20H21N3O3.C19H19N3O4.C18H15N3O3.C16H18N2O3.C15H12N4O4.C13H15N3O3/c1-22(2)12-16-13-23(11-14-6-4-3-5-7-14)20(25)18-10-15(19(24)21-26)8-9-17(16)18;1-19(2,11-26-14-6-4-3-5-7-14)22-12-20-16-9-8-13(17(23)21-25)10-15(16)18(22)24;22-16(20-24)12-6-7-15-14(10-12)17(23)21(11-19-15)18(8-9-18)13-4-2-1-3-5-13;19-9-14(20)11-6-7-12-13(8-11)17-15(18-16(12)21)10-4-2-1-3-5-10;1-23-12-4-5-16-7-10(12)13-17-11-6-8(14(20)19-22)2-3-9(11)15(21)18-13;1-3-7(2)11-14-10-6-8(12(17)16-19)4-5-9(10)13(18)15-11/h3-10,13,26H,11-12H2,1-2H3,(H,21,24);3-10,12,25H,11H2,1-2H3,(H,21,23);1-7,10-11,24H,8-9H2,(H,20,22);6-8,10,19H,1-5,9H2,(H,17,18,21);2-7,22H,1H3,(H,19,20)(H,17,18,21);4-7,19H,3H2,1-2H3,(H,16,17)(H,14,15,18). The Labute approximate surface area is 790 Å². The van der Waals surface area contributed by atoms with Gasteiger partial charge >= 0.3 is 0 Å². The number of aliphatic hydroxyl groups excluding tert-OH is 1. The van der Waals surface area contributed by atoms with Gasteiger partial charge in [-0.1, -0.05) is 124 Å². The highest BCUT2D eigenvalue weighted by molar-refractivity contribution is 6.02. The van der Waals surface area contributed by atoms with Crippen LogP contribution in [0, 0.1) is 0 Å². The van der Waals surface area contributed by atoms with Crippen molar-refractivity contribution in [2.45, 2.75) is 115 Å². The number of hydrogen-bond acceptors (Lipinski definition) is 27. The Kier molecular flexibility index (Phi) is 32.4. The van der Waals surface area contributed by atoms with Crippen LogP contribution in [-0.4, -0.2) is 164 Å². The number of H-pyrrole nitrogens is 3. The zero-order valence-electron chi connectivity index (χ0n) is 76.5. The SMILES string of the molecule is CC(C)(COc1ccccc1)n1cnc2ccc(C(=O)NO)cc2c1=O.CCC(C)c1nc2cc(C(=O)NO)ccc2c(=O)[nH]1.CN(C)Cc1cn(Cc2ccccc2)c(=O)c2cc(C(=O)NO)ccc12.COc1ccncc1-c1nc2cc(C(=O)NO)ccc2c(=O)[nH]1.O=C(CO)c1ccc2c(=O)[nH]c(C3CCCCC3)nc2c1.O=C(NO)c1ccc2ncn(C3(c4ccccc4)CC3)c(=O)c2c1. The van der Waals surface area contributed by atoms with E-state index in [-0.39, 0.29) is 90.8 Å². The summed E-state index contributed by atoms with van der Waals surface area (Å²) >= 11 is 0. The van der Waals surface area contributed by atoms with Crippen molar-refractivity contribution < 1.29 is 69.4 Å². The molecule has 2 aliphatic carbocycles. The molecule has 7 heterocycles. The van der Waals surface area contributed by atoms with Crippen LogP contribution in [0.1, 0.15) is 181 Å². The van der Waals surface area contributed by atoms with E-state index in [9.17, 15) is 57.5 Å². The average molecular weight is 1890 g/mol. The third-order valence-electron chi connectivity index (χ3n) is 23.6.